The van der Waals surface area contributed by atoms with Gasteiger partial charge in [0.05, 0.1) is 17.7 Å². The molecule has 0 heterocycles. The van der Waals surface area contributed by atoms with E-state index >= 15 is 0 Å². The predicted molar refractivity (Wildman–Crippen MR) is 82.1 cm³/mol. The lowest BCUT2D eigenvalue weighted by Gasteiger charge is -2.28. The van der Waals surface area contributed by atoms with E-state index in [0.717, 1.165) is 42.2 Å². The van der Waals surface area contributed by atoms with E-state index in [-0.39, 0.29) is 12.7 Å². The molecule has 0 aromatic heterocycles. The van der Waals surface area contributed by atoms with Crippen molar-refractivity contribution in [3.63, 3.8) is 0 Å². The number of hydrogen-bond acceptors (Lipinski definition) is 3. The first-order valence-corrected chi connectivity index (χ1v) is 7.51. The molecule has 0 unspecified atom stereocenters. The van der Waals surface area contributed by atoms with Crippen LogP contribution < -0.4 is 4.74 Å². The van der Waals surface area contributed by atoms with Crippen molar-refractivity contribution in [2.75, 3.05) is 6.61 Å². The number of fused-ring (bicyclic) bond motifs is 1. The molecule has 0 atom stereocenters. The molecule has 2 aromatic rings. The second-order valence-electron chi connectivity index (χ2n) is 5.71. The Morgan fingerprint density at radius 1 is 1.05 bits per heavy atom. The van der Waals surface area contributed by atoms with Gasteiger partial charge in [-0.25, -0.2) is 0 Å². The van der Waals surface area contributed by atoms with E-state index in [1.54, 1.807) is 0 Å². The Hall–Kier alpha value is -2.05. The number of hydrogen-bond donors (Lipinski definition) is 1. The summed E-state index contributed by atoms with van der Waals surface area (Å²) >= 11 is 0. The average molecular weight is 281 g/mol. The van der Waals surface area contributed by atoms with E-state index in [2.05, 4.69) is 6.07 Å². The summed E-state index contributed by atoms with van der Waals surface area (Å²) in [5, 5.41) is 20.3. The maximum atomic E-state index is 9.19. The van der Waals surface area contributed by atoms with Crippen LogP contribution in [-0.2, 0) is 0 Å². The smallest absolute Gasteiger partial charge is 0.127 e. The molecule has 0 saturated heterocycles. The maximum absolute atomic E-state index is 9.19. The lowest BCUT2D eigenvalue weighted by molar-refractivity contribution is 0.105. The zero-order chi connectivity index (χ0) is 14.7. The van der Waals surface area contributed by atoms with Gasteiger partial charge in [-0.3, -0.25) is 0 Å². The van der Waals surface area contributed by atoms with Crippen LogP contribution in [-0.4, -0.2) is 17.8 Å². The van der Waals surface area contributed by atoms with Gasteiger partial charge in [0.15, 0.2) is 0 Å². The SMILES string of the molecule is N#Cc1ccc(OC2CCC(CO)CC2)c2ccccc12. The lowest BCUT2D eigenvalue weighted by Crippen LogP contribution is -2.25. The van der Waals surface area contributed by atoms with Gasteiger partial charge in [0, 0.05) is 17.4 Å². The molecule has 1 saturated carbocycles. The Balaban J connectivity index is 1.84. The Morgan fingerprint density at radius 3 is 2.43 bits per heavy atom. The van der Waals surface area contributed by atoms with Crippen LogP contribution in [0.1, 0.15) is 31.2 Å². The van der Waals surface area contributed by atoms with Crippen LogP contribution in [0.15, 0.2) is 36.4 Å². The summed E-state index contributed by atoms with van der Waals surface area (Å²) in [7, 11) is 0. The lowest BCUT2D eigenvalue weighted by atomic mass is 9.88. The molecule has 0 aliphatic heterocycles. The third-order valence-electron chi connectivity index (χ3n) is 4.35. The van der Waals surface area contributed by atoms with Crippen LogP contribution in [0, 0.1) is 17.2 Å². The maximum Gasteiger partial charge on any atom is 0.127 e. The molecule has 1 aliphatic rings. The van der Waals surface area contributed by atoms with Gasteiger partial charge >= 0.3 is 0 Å². The zero-order valence-electron chi connectivity index (χ0n) is 12.0. The molecule has 0 bridgehead atoms. The quantitative estimate of drug-likeness (QED) is 0.934. The van der Waals surface area contributed by atoms with Crippen LogP contribution in [0.2, 0.25) is 0 Å². The topological polar surface area (TPSA) is 53.2 Å². The van der Waals surface area contributed by atoms with Gasteiger partial charge in [0.1, 0.15) is 5.75 Å². The minimum absolute atomic E-state index is 0.212. The van der Waals surface area contributed by atoms with Crippen molar-refractivity contribution in [1.29, 1.82) is 5.26 Å². The van der Waals surface area contributed by atoms with Gasteiger partial charge in [0.25, 0.3) is 0 Å². The third kappa shape index (κ3) is 2.86. The number of aliphatic hydroxyl groups is 1. The monoisotopic (exact) mass is 281 g/mol. The molecule has 3 rings (SSSR count). The molecule has 1 fully saturated rings. The molecule has 3 heteroatoms. The van der Waals surface area contributed by atoms with Crippen molar-refractivity contribution >= 4 is 10.8 Å². The highest BCUT2D eigenvalue weighted by Gasteiger charge is 2.22. The second-order valence-corrected chi connectivity index (χ2v) is 5.71. The molecule has 0 spiro atoms. The van der Waals surface area contributed by atoms with Crippen molar-refractivity contribution in [3.05, 3.63) is 42.0 Å². The molecule has 0 amide bonds. The molecule has 0 radical (unpaired) electrons. The van der Waals surface area contributed by atoms with Crippen molar-refractivity contribution in [3.8, 4) is 11.8 Å². The van der Waals surface area contributed by atoms with Crippen molar-refractivity contribution in [2.24, 2.45) is 5.92 Å². The first-order chi connectivity index (χ1) is 10.3. The third-order valence-corrected chi connectivity index (χ3v) is 4.35. The van der Waals surface area contributed by atoms with E-state index in [9.17, 15) is 10.4 Å². The van der Waals surface area contributed by atoms with Crippen molar-refractivity contribution < 1.29 is 9.84 Å². The molecular weight excluding hydrogens is 262 g/mol. The summed E-state index contributed by atoms with van der Waals surface area (Å²) in [4.78, 5) is 0. The van der Waals surface area contributed by atoms with E-state index in [0.29, 0.717) is 11.5 Å². The first-order valence-electron chi connectivity index (χ1n) is 7.51. The van der Waals surface area contributed by atoms with Gasteiger partial charge in [-0.15, -0.1) is 0 Å². The van der Waals surface area contributed by atoms with Crippen LogP contribution in [0.4, 0.5) is 0 Å². The standard InChI is InChI=1S/C18H19NO2/c19-11-14-7-10-18(17-4-2-1-3-16(14)17)21-15-8-5-13(12-20)6-9-15/h1-4,7,10,13,15,20H,5-6,8-9,12H2. The van der Waals surface area contributed by atoms with Crippen molar-refractivity contribution in [2.45, 2.75) is 31.8 Å². The summed E-state index contributed by atoms with van der Waals surface area (Å²) in [5.41, 5.74) is 0.682. The second kappa shape index (κ2) is 6.15. The number of nitrogens with zero attached hydrogens (tertiary/aromatic N) is 1. The Labute approximate surface area is 124 Å². The Bertz CT molecular complexity index is 666. The molecule has 1 N–H and O–H groups in total. The molecule has 21 heavy (non-hydrogen) atoms. The largest absolute Gasteiger partial charge is 0.490 e. The highest BCUT2D eigenvalue weighted by molar-refractivity contribution is 5.92. The van der Waals surface area contributed by atoms with Crippen LogP contribution in [0.5, 0.6) is 5.75 Å². The van der Waals surface area contributed by atoms with Crippen LogP contribution >= 0.6 is 0 Å². The number of benzene rings is 2. The summed E-state index contributed by atoms with van der Waals surface area (Å²) in [6.07, 6.45) is 4.23. The molecular formula is C18H19NO2. The minimum atomic E-state index is 0.212. The zero-order valence-corrected chi connectivity index (χ0v) is 12.0. The molecule has 108 valence electrons. The highest BCUT2D eigenvalue weighted by atomic mass is 16.5. The van der Waals surface area contributed by atoms with Gasteiger partial charge in [-0.2, -0.15) is 5.26 Å². The van der Waals surface area contributed by atoms with Gasteiger partial charge < -0.3 is 9.84 Å². The van der Waals surface area contributed by atoms with E-state index in [4.69, 9.17) is 4.74 Å². The molecule has 3 nitrogen and oxygen atoms in total. The fourth-order valence-electron chi connectivity index (χ4n) is 3.08. The normalized spacial score (nSPS) is 21.9. The average Bonchev–Trinajstić information content (AvgIpc) is 2.56. The van der Waals surface area contributed by atoms with Gasteiger partial charge in [-0.1, -0.05) is 24.3 Å². The van der Waals surface area contributed by atoms with Crippen LogP contribution in [0.3, 0.4) is 0 Å². The number of nitriles is 1. The fraction of sp³-hybridized carbons (Fsp3) is 0.389. The fourth-order valence-corrected chi connectivity index (χ4v) is 3.08. The van der Waals surface area contributed by atoms with Gasteiger partial charge in [-0.05, 0) is 43.7 Å². The first kappa shape index (κ1) is 13.9. The molecule has 2 aromatic carbocycles. The summed E-state index contributed by atoms with van der Waals surface area (Å²) in [5.74, 6) is 1.29. The number of aliphatic hydroxyl groups excluding tert-OH is 1. The Morgan fingerprint density at radius 2 is 1.76 bits per heavy atom. The number of rotatable bonds is 3. The highest BCUT2D eigenvalue weighted by Crippen LogP contribution is 2.32. The van der Waals surface area contributed by atoms with Crippen LogP contribution in [0.25, 0.3) is 10.8 Å². The van der Waals surface area contributed by atoms with Gasteiger partial charge in [0.2, 0.25) is 0 Å². The Kier molecular flexibility index (Phi) is 4.08. The summed E-state index contributed by atoms with van der Waals surface area (Å²) < 4.78 is 6.17. The summed E-state index contributed by atoms with van der Waals surface area (Å²) in [6, 6.07) is 13.8. The van der Waals surface area contributed by atoms with E-state index in [1.807, 2.05) is 36.4 Å². The predicted octanol–water partition coefficient (Wildman–Crippen LogP) is 3.64. The summed E-state index contributed by atoms with van der Waals surface area (Å²) in [6.45, 7) is 0.284. The minimum Gasteiger partial charge on any atom is -0.490 e. The van der Waals surface area contributed by atoms with E-state index in [1.165, 1.54) is 0 Å². The number of ether oxygens (including phenoxy) is 1. The van der Waals surface area contributed by atoms with Crippen molar-refractivity contribution in [1.82, 2.24) is 0 Å². The van der Waals surface area contributed by atoms with E-state index < -0.39 is 0 Å². The molecule has 1 aliphatic carbocycles.